The molecule has 0 aromatic heterocycles. The van der Waals surface area contributed by atoms with Gasteiger partial charge in [0.15, 0.2) is 0 Å². The largest absolute Gasteiger partial charge is 0.516 e. The zero-order valence-electron chi connectivity index (χ0n) is 6.96. The predicted molar refractivity (Wildman–Crippen MR) is 45.0 cm³/mol. The molecule has 0 aliphatic heterocycles. The Hall–Kier alpha value is -0.720. The first-order valence-electron chi connectivity index (χ1n) is 3.63. The van der Waals surface area contributed by atoms with E-state index < -0.39 is 0 Å². The van der Waals surface area contributed by atoms with Crippen molar-refractivity contribution in [3.63, 3.8) is 0 Å². The highest BCUT2D eigenvalue weighted by atomic mass is 16.2. The maximum atomic E-state index is 8.32. The Morgan fingerprint density at radius 2 is 2.10 bits per heavy atom. The number of hydrogen-bond acceptors (Lipinski definition) is 1. The minimum Gasteiger partial charge on any atom is -0.516 e. The quantitative estimate of drug-likeness (QED) is 0.472. The molecular formula is C9H16O. The Balaban J connectivity index is 3.71. The molecule has 58 valence electrons. The highest BCUT2D eigenvalue weighted by molar-refractivity contribution is 5.08. The van der Waals surface area contributed by atoms with Gasteiger partial charge in [0.1, 0.15) is 0 Å². The van der Waals surface area contributed by atoms with Crippen LogP contribution < -0.4 is 0 Å². The van der Waals surface area contributed by atoms with Gasteiger partial charge in [0.05, 0.1) is 6.26 Å². The van der Waals surface area contributed by atoms with Crippen molar-refractivity contribution >= 4 is 0 Å². The lowest BCUT2D eigenvalue weighted by molar-refractivity contribution is 0.473. The van der Waals surface area contributed by atoms with Crippen LogP contribution in [0, 0.1) is 5.92 Å². The highest BCUT2D eigenvalue weighted by Crippen LogP contribution is 2.08. The van der Waals surface area contributed by atoms with Crippen LogP contribution in [0.4, 0.5) is 0 Å². The van der Waals surface area contributed by atoms with Crippen LogP contribution in [0.5, 0.6) is 0 Å². The summed E-state index contributed by atoms with van der Waals surface area (Å²) in [6.07, 6.45) is 5.74. The second-order valence-electron chi connectivity index (χ2n) is 2.95. The third-order valence-electron chi connectivity index (χ3n) is 1.20. The first kappa shape index (κ1) is 9.28. The van der Waals surface area contributed by atoms with Gasteiger partial charge in [-0.15, -0.1) is 0 Å². The van der Waals surface area contributed by atoms with Crippen LogP contribution in [0.3, 0.4) is 0 Å². The molecule has 0 saturated carbocycles. The second-order valence-corrected chi connectivity index (χ2v) is 2.95. The summed E-state index contributed by atoms with van der Waals surface area (Å²) < 4.78 is 0. The molecule has 10 heavy (non-hydrogen) atoms. The van der Waals surface area contributed by atoms with E-state index in [-0.39, 0.29) is 0 Å². The molecule has 0 saturated heterocycles. The van der Waals surface area contributed by atoms with Crippen LogP contribution in [0.25, 0.3) is 0 Å². The predicted octanol–water partition coefficient (Wildman–Crippen LogP) is 3.05. The normalized spacial score (nSPS) is 13.4. The molecule has 0 bridgehead atoms. The monoisotopic (exact) mass is 140 g/mol. The van der Waals surface area contributed by atoms with Gasteiger partial charge in [-0.05, 0) is 25.3 Å². The molecule has 0 atom stereocenters. The fourth-order valence-corrected chi connectivity index (χ4v) is 0.919. The molecule has 0 heterocycles. The summed E-state index contributed by atoms with van der Waals surface area (Å²) in [5.74, 6) is 0.698. The van der Waals surface area contributed by atoms with E-state index >= 15 is 0 Å². The lowest BCUT2D eigenvalue weighted by Crippen LogP contribution is -1.86. The fourth-order valence-electron chi connectivity index (χ4n) is 0.919. The van der Waals surface area contributed by atoms with Crippen molar-refractivity contribution in [3.8, 4) is 0 Å². The first-order chi connectivity index (χ1) is 4.66. The average Bonchev–Trinajstić information content (AvgIpc) is 1.82. The summed E-state index contributed by atoms with van der Waals surface area (Å²) in [5.41, 5.74) is 1.31. The summed E-state index contributed by atoms with van der Waals surface area (Å²) in [6.45, 7) is 6.43. The average molecular weight is 140 g/mol. The molecule has 0 spiro atoms. The van der Waals surface area contributed by atoms with E-state index in [1.807, 2.05) is 6.08 Å². The summed E-state index contributed by atoms with van der Waals surface area (Å²) in [6, 6.07) is 0. The van der Waals surface area contributed by atoms with Gasteiger partial charge in [0, 0.05) is 0 Å². The minimum atomic E-state index is 0.698. The molecule has 1 N–H and O–H groups in total. The SMILES string of the molecule is C/C(=C\C=C\O)CC(C)C. The van der Waals surface area contributed by atoms with Crippen LogP contribution in [0.15, 0.2) is 24.0 Å². The number of allylic oxidation sites excluding steroid dienone is 3. The van der Waals surface area contributed by atoms with E-state index in [4.69, 9.17) is 5.11 Å². The molecule has 0 amide bonds. The van der Waals surface area contributed by atoms with Crippen molar-refractivity contribution in [2.24, 2.45) is 5.92 Å². The molecule has 0 unspecified atom stereocenters. The van der Waals surface area contributed by atoms with Crippen molar-refractivity contribution in [1.29, 1.82) is 0 Å². The summed E-state index contributed by atoms with van der Waals surface area (Å²) in [4.78, 5) is 0. The summed E-state index contributed by atoms with van der Waals surface area (Å²) >= 11 is 0. The Labute approximate surface area is 63.1 Å². The van der Waals surface area contributed by atoms with E-state index in [2.05, 4.69) is 20.8 Å². The Kier molecular flexibility index (Phi) is 4.73. The minimum absolute atomic E-state index is 0.698. The number of aliphatic hydroxyl groups is 1. The Morgan fingerprint density at radius 1 is 1.50 bits per heavy atom. The van der Waals surface area contributed by atoms with E-state index in [1.54, 1.807) is 6.08 Å². The molecule has 0 aromatic carbocycles. The first-order valence-corrected chi connectivity index (χ1v) is 3.63. The van der Waals surface area contributed by atoms with Gasteiger partial charge in [-0.2, -0.15) is 0 Å². The molecule has 1 heteroatoms. The lowest BCUT2D eigenvalue weighted by atomic mass is 10.0. The van der Waals surface area contributed by atoms with Gasteiger partial charge in [-0.1, -0.05) is 25.5 Å². The summed E-state index contributed by atoms with van der Waals surface area (Å²) in [5, 5.41) is 8.32. The van der Waals surface area contributed by atoms with E-state index in [0.717, 1.165) is 12.7 Å². The molecule has 0 fully saturated rings. The molecule has 0 aliphatic rings. The lowest BCUT2D eigenvalue weighted by Gasteiger charge is -2.02. The zero-order chi connectivity index (χ0) is 7.98. The van der Waals surface area contributed by atoms with Gasteiger partial charge in [0.2, 0.25) is 0 Å². The smallest absolute Gasteiger partial charge is 0.0791 e. The van der Waals surface area contributed by atoms with Gasteiger partial charge in [-0.25, -0.2) is 0 Å². The highest BCUT2D eigenvalue weighted by Gasteiger charge is 1.92. The van der Waals surface area contributed by atoms with Gasteiger partial charge < -0.3 is 5.11 Å². The van der Waals surface area contributed by atoms with Crippen LogP contribution >= 0.6 is 0 Å². The van der Waals surface area contributed by atoms with Crippen molar-refractivity contribution < 1.29 is 5.11 Å². The molecule has 0 aromatic rings. The molecular weight excluding hydrogens is 124 g/mol. The molecule has 1 nitrogen and oxygen atoms in total. The topological polar surface area (TPSA) is 20.2 Å². The van der Waals surface area contributed by atoms with E-state index in [9.17, 15) is 0 Å². The maximum absolute atomic E-state index is 8.32. The standard InChI is InChI=1S/C9H16O/c1-8(2)7-9(3)5-4-6-10/h4-6,8,10H,7H2,1-3H3/b6-4+,9-5+. The van der Waals surface area contributed by atoms with Gasteiger partial charge >= 0.3 is 0 Å². The molecule has 0 aliphatic carbocycles. The Morgan fingerprint density at radius 3 is 2.50 bits per heavy atom. The summed E-state index contributed by atoms with van der Waals surface area (Å²) in [7, 11) is 0. The van der Waals surface area contributed by atoms with Crippen molar-refractivity contribution in [2.75, 3.05) is 0 Å². The van der Waals surface area contributed by atoms with Crippen molar-refractivity contribution in [2.45, 2.75) is 27.2 Å². The Bertz CT molecular complexity index is 132. The van der Waals surface area contributed by atoms with Crippen molar-refractivity contribution in [1.82, 2.24) is 0 Å². The van der Waals surface area contributed by atoms with Crippen LogP contribution in [0.2, 0.25) is 0 Å². The van der Waals surface area contributed by atoms with Gasteiger partial charge in [0.25, 0.3) is 0 Å². The zero-order valence-corrected chi connectivity index (χ0v) is 6.96. The fraction of sp³-hybridized carbons (Fsp3) is 0.556. The number of hydrogen-bond donors (Lipinski definition) is 1. The van der Waals surface area contributed by atoms with E-state index in [0.29, 0.717) is 5.92 Å². The van der Waals surface area contributed by atoms with Crippen LogP contribution in [-0.4, -0.2) is 5.11 Å². The van der Waals surface area contributed by atoms with Gasteiger partial charge in [-0.3, -0.25) is 0 Å². The number of aliphatic hydroxyl groups excluding tert-OH is 1. The third kappa shape index (κ3) is 5.42. The molecule has 0 radical (unpaired) electrons. The van der Waals surface area contributed by atoms with Crippen LogP contribution in [0.1, 0.15) is 27.2 Å². The number of rotatable bonds is 3. The third-order valence-corrected chi connectivity index (χ3v) is 1.20. The maximum Gasteiger partial charge on any atom is 0.0791 e. The second kappa shape index (κ2) is 5.10. The van der Waals surface area contributed by atoms with E-state index in [1.165, 1.54) is 5.57 Å². The van der Waals surface area contributed by atoms with Crippen molar-refractivity contribution in [3.05, 3.63) is 24.0 Å². The van der Waals surface area contributed by atoms with Crippen LogP contribution in [-0.2, 0) is 0 Å². The molecule has 0 rings (SSSR count).